The Balaban J connectivity index is 0.000000257. The number of alkyl carbamates (subject to hydrolysis) is 1. The SMILES string of the molecule is C[S+]1CCC(NC(=O)OC(C)(C)C)C1.Cc1ccc(S(=O)(=O)[O-])cc1. The van der Waals surface area contributed by atoms with Gasteiger partial charge in [0.05, 0.1) is 17.2 Å². The number of rotatable bonds is 2. The number of hydrogen-bond acceptors (Lipinski definition) is 5. The van der Waals surface area contributed by atoms with Crippen LogP contribution in [0.25, 0.3) is 0 Å². The van der Waals surface area contributed by atoms with Gasteiger partial charge in [0.1, 0.15) is 27.2 Å². The van der Waals surface area contributed by atoms with Gasteiger partial charge in [0, 0.05) is 6.42 Å². The maximum absolute atomic E-state index is 11.4. The lowest BCUT2D eigenvalue weighted by atomic mass is 10.2. The van der Waals surface area contributed by atoms with Crippen LogP contribution in [0.2, 0.25) is 0 Å². The Kier molecular flexibility index (Phi) is 7.77. The normalized spacial score (nSPS) is 20.4. The zero-order valence-electron chi connectivity index (χ0n) is 15.4. The molecule has 0 saturated carbocycles. The lowest BCUT2D eigenvalue weighted by molar-refractivity contribution is 0.0510. The highest BCUT2D eigenvalue weighted by atomic mass is 32.2. The minimum Gasteiger partial charge on any atom is -0.744 e. The fraction of sp³-hybridized carbons (Fsp3) is 0.588. The molecule has 0 aromatic heterocycles. The van der Waals surface area contributed by atoms with E-state index >= 15 is 0 Å². The van der Waals surface area contributed by atoms with Crippen molar-refractivity contribution in [2.45, 2.75) is 50.7 Å². The van der Waals surface area contributed by atoms with Gasteiger partial charge in [0.15, 0.2) is 0 Å². The molecular weight excluding hydrogens is 362 g/mol. The molecule has 1 N–H and O–H groups in total. The smallest absolute Gasteiger partial charge is 0.408 e. The number of carbonyl (C=O) groups is 1. The van der Waals surface area contributed by atoms with Crippen molar-refractivity contribution in [2.24, 2.45) is 0 Å². The summed E-state index contributed by atoms with van der Waals surface area (Å²) in [7, 11) is -3.78. The molecule has 0 aliphatic carbocycles. The molecule has 8 heteroatoms. The summed E-state index contributed by atoms with van der Waals surface area (Å²) in [6.45, 7) is 7.46. The predicted octanol–water partition coefficient (Wildman–Crippen LogP) is 2.43. The lowest BCUT2D eigenvalue weighted by Crippen LogP contribution is -2.39. The van der Waals surface area contributed by atoms with E-state index in [-0.39, 0.29) is 11.0 Å². The van der Waals surface area contributed by atoms with E-state index in [2.05, 4.69) is 11.6 Å². The van der Waals surface area contributed by atoms with Gasteiger partial charge in [0.2, 0.25) is 0 Å². The largest absolute Gasteiger partial charge is 0.744 e. The highest BCUT2D eigenvalue weighted by molar-refractivity contribution is 7.96. The number of benzene rings is 1. The second kappa shape index (κ2) is 8.91. The maximum Gasteiger partial charge on any atom is 0.408 e. The second-order valence-corrected chi connectivity index (χ2v) is 10.7. The summed E-state index contributed by atoms with van der Waals surface area (Å²) in [5.74, 6) is 2.35. The van der Waals surface area contributed by atoms with Crippen molar-refractivity contribution in [2.75, 3.05) is 17.8 Å². The van der Waals surface area contributed by atoms with Crippen molar-refractivity contribution < 1.29 is 22.5 Å². The van der Waals surface area contributed by atoms with Crippen LogP contribution in [-0.4, -0.2) is 48.5 Å². The number of amides is 1. The molecule has 6 nitrogen and oxygen atoms in total. The van der Waals surface area contributed by atoms with Crippen LogP contribution in [-0.2, 0) is 25.7 Å². The highest BCUT2D eigenvalue weighted by Crippen LogP contribution is 2.13. The molecule has 1 heterocycles. The first kappa shape index (κ1) is 21.8. The zero-order valence-corrected chi connectivity index (χ0v) is 17.0. The number of nitrogens with one attached hydrogen (secondary N) is 1. The van der Waals surface area contributed by atoms with Gasteiger partial charge in [-0.1, -0.05) is 17.7 Å². The Bertz CT molecular complexity index is 665. The molecule has 1 amide bonds. The molecule has 2 atom stereocenters. The number of hydrogen-bond donors (Lipinski definition) is 1. The molecule has 2 unspecified atom stereocenters. The molecule has 1 fully saturated rings. The summed E-state index contributed by atoms with van der Waals surface area (Å²) in [5.41, 5.74) is 0.536. The molecule has 0 spiro atoms. The van der Waals surface area contributed by atoms with Crippen molar-refractivity contribution in [3.63, 3.8) is 0 Å². The van der Waals surface area contributed by atoms with Crippen molar-refractivity contribution in [3.8, 4) is 0 Å². The Morgan fingerprint density at radius 3 is 2.24 bits per heavy atom. The van der Waals surface area contributed by atoms with Crippen LogP contribution < -0.4 is 5.32 Å². The predicted molar refractivity (Wildman–Crippen MR) is 99.9 cm³/mol. The Morgan fingerprint density at radius 1 is 1.28 bits per heavy atom. The van der Waals surface area contributed by atoms with E-state index in [0.717, 1.165) is 17.7 Å². The van der Waals surface area contributed by atoms with Gasteiger partial charge in [-0.15, -0.1) is 0 Å². The van der Waals surface area contributed by atoms with E-state index in [1.54, 1.807) is 12.1 Å². The average Bonchev–Trinajstić information content (AvgIpc) is 2.82. The van der Waals surface area contributed by atoms with Crippen molar-refractivity contribution >= 4 is 27.1 Å². The van der Waals surface area contributed by atoms with Crippen LogP contribution >= 0.6 is 0 Å². The van der Waals surface area contributed by atoms with Gasteiger partial charge in [-0.3, -0.25) is 0 Å². The maximum atomic E-state index is 11.4. The number of carbonyl (C=O) groups excluding carboxylic acids is 1. The van der Waals surface area contributed by atoms with Gasteiger partial charge in [0.25, 0.3) is 0 Å². The van der Waals surface area contributed by atoms with E-state index in [9.17, 15) is 17.8 Å². The highest BCUT2D eigenvalue weighted by Gasteiger charge is 2.31. The van der Waals surface area contributed by atoms with Crippen molar-refractivity contribution in [1.29, 1.82) is 0 Å². The molecule has 1 saturated heterocycles. The molecule has 0 bridgehead atoms. The first-order valence-electron chi connectivity index (χ1n) is 7.98. The minimum atomic E-state index is -4.27. The van der Waals surface area contributed by atoms with Crippen molar-refractivity contribution in [1.82, 2.24) is 5.32 Å². The van der Waals surface area contributed by atoms with Gasteiger partial charge >= 0.3 is 6.09 Å². The van der Waals surface area contributed by atoms with Gasteiger partial charge < -0.3 is 14.6 Å². The zero-order chi connectivity index (χ0) is 19.3. The van der Waals surface area contributed by atoms with Gasteiger partial charge in [-0.25, -0.2) is 13.2 Å². The van der Waals surface area contributed by atoms with Gasteiger partial charge in [-0.05, 0) is 50.7 Å². The number of aryl methyl sites for hydroxylation is 1. The third-order valence-corrected chi connectivity index (χ3v) is 6.08. The Morgan fingerprint density at radius 2 is 1.84 bits per heavy atom. The third-order valence-electron chi connectivity index (χ3n) is 3.33. The first-order valence-corrected chi connectivity index (χ1v) is 11.4. The van der Waals surface area contributed by atoms with Gasteiger partial charge in [-0.2, -0.15) is 0 Å². The third kappa shape index (κ3) is 9.13. The van der Waals surface area contributed by atoms with E-state index in [1.165, 1.54) is 17.9 Å². The summed E-state index contributed by atoms with van der Waals surface area (Å²) in [6, 6.07) is 6.11. The van der Waals surface area contributed by atoms with E-state index < -0.39 is 15.7 Å². The molecule has 1 aliphatic rings. The molecule has 0 radical (unpaired) electrons. The van der Waals surface area contributed by atoms with E-state index in [1.807, 2.05) is 27.7 Å². The molecule has 142 valence electrons. The summed E-state index contributed by atoms with van der Waals surface area (Å²) in [4.78, 5) is 11.2. The average molecular weight is 390 g/mol. The standard InChI is InChI=1S/C10H19NO2S.C7H8O3S/c1-10(2,3)13-9(12)11-8-5-6-14(4)7-8;1-6-2-4-7(5-3-6)11(8,9)10/h8H,5-7H2,1-4H3;2-5H,1H3,(H,8,9,10). The van der Waals surface area contributed by atoms with Crippen molar-refractivity contribution in [3.05, 3.63) is 29.8 Å². The first-order chi connectivity index (χ1) is 11.4. The second-order valence-electron chi connectivity index (χ2n) is 7.05. The quantitative estimate of drug-likeness (QED) is 0.619. The van der Waals surface area contributed by atoms with Crippen LogP contribution in [0.1, 0.15) is 32.8 Å². The Hall–Kier alpha value is -1.25. The van der Waals surface area contributed by atoms with Crippen LogP contribution in [0.15, 0.2) is 29.2 Å². The molecular formula is C17H27NO5S2. The summed E-state index contributed by atoms with van der Waals surface area (Å²) in [6.07, 6.45) is 3.07. The van der Waals surface area contributed by atoms with Crippen LogP contribution in [0, 0.1) is 6.92 Å². The lowest BCUT2D eigenvalue weighted by Gasteiger charge is -2.20. The van der Waals surface area contributed by atoms with E-state index in [4.69, 9.17) is 4.74 Å². The molecule has 1 aromatic rings. The fourth-order valence-corrected chi connectivity index (χ4v) is 4.41. The van der Waals surface area contributed by atoms with Crippen LogP contribution in [0.5, 0.6) is 0 Å². The summed E-state index contributed by atoms with van der Waals surface area (Å²) < 4.78 is 36.4. The minimum absolute atomic E-state index is 0.178. The molecule has 25 heavy (non-hydrogen) atoms. The summed E-state index contributed by atoms with van der Waals surface area (Å²) >= 11 is 0. The van der Waals surface area contributed by atoms with Crippen LogP contribution in [0.4, 0.5) is 4.79 Å². The fourth-order valence-electron chi connectivity index (χ4n) is 2.15. The molecule has 1 aromatic carbocycles. The van der Waals surface area contributed by atoms with Crippen LogP contribution in [0.3, 0.4) is 0 Å². The molecule has 1 aliphatic heterocycles. The monoisotopic (exact) mass is 389 g/mol. The topological polar surface area (TPSA) is 95.5 Å². The molecule has 2 rings (SSSR count). The summed E-state index contributed by atoms with van der Waals surface area (Å²) in [5, 5.41) is 2.91. The number of ether oxygens (including phenoxy) is 1. The van der Waals surface area contributed by atoms with E-state index in [0.29, 0.717) is 16.9 Å². The Labute approximate surface area is 153 Å².